The van der Waals surface area contributed by atoms with Crippen molar-refractivity contribution in [2.24, 2.45) is 0 Å². The summed E-state index contributed by atoms with van der Waals surface area (Å²) in [5, 5.41) is 0. The fourth-order valence-corrected chi connectivity index (χ4v) is 2.84. The van der Waals surface area contributed by atoms with Crippen LogP contribution in [0.1, 0.15) is 17.2 Å². The number of hydrogen-bond donors (Lipinski definition) is 0. The van der Waals surface area contributed by atoms with Crippen LogP contribution < -0.4 is 9.47 Å². The highest BCUT2D eigenvalue weighted by Crippen LogP contribution is 2.28. The molecule has 1 fully saturated rings. The highest BCUT2D eigenvalue weighted by molar-refractivity contribution is 5.78. The molecular formula is C19H20FNO4. The standard InChI is InChI=1S/C19H20FNO4/c1-23-16-8-5-14(17(9-16)24-2)10-21-11-18(25-12-19(21)22)13-3-6-15(20)7-4-13/h3-9,18H,10-12H2,1-2H3/t18-/m0/s1. The van der Waals surface area contributed by atoms with Crippen LogP contribution in [-0.2, 0) is 16.1 Å². The first kappa shape index (κ1) is 17.2. The number of carbonyl (C=O) groups is 1. The van der Waals surface area contributed by atoms with E-state index in [0.717, 1.165) is 11.1 Å². The van der Waals surface area contributed by atoms with Crippen molar-refractivity contribution in [1.29, 1.82) is 0 Å². The lowest BCUT2D eigenvalue weighted by Crippen LogP contribution is -2.42. The molecule has 1 saturated heterocycles. The van der Waals surface area contributed by atoms with Gasteiger partial charge in [0.05, 0.1) is 20.8 Å². The second-order valence-corrected chi connectivity index (χ2v) is 5.80. The molecule has 1 aliphatic rings. The summed E-state index contributed by atoms with van der Waals surface area (Å²) in [5.74, 6) is 0.974. The van der Waals surface area contributed by atoms with Crippen molar-refractivity contribution in [3.05, 3.63) is 59.4 Å². The second-order valence-electron chi connectivity index (χ2n) is 5.80. The SMILES string of the molecule is COc1ccc(CN2C[C@@H](c3ccc(F)cc3)OCC2=O)c(OC)c1. The van der Waals surface area contributed by atoms with Gasteiger partial charge in [0.2, 0.25) is 5.91 Å². The maximum atomic E-state index is 13.1. The molecule has 0 saturated carbocycles. The van der Waals surface area contributed by atoms with Crippen LogP contribution in [0.3, 0.4) is 0 Å². The quantitative estimate of drug-likeness (QED) is 0.836. The molecule has 0 unspecified atom stereocenters. The van der Waals surface area contributed by atoms with E-state index in [-0.39, 0.29) is 24.4 Å². The van der Waals surface area contributed by atoms with Gasteiger partial charge in [0.15, 0.2) is 0 Å². The number of methoxy groups -OCH3 is 2. The van der Waals surface area contributed by atoms with Gasteiger partial charge < -0.3 is 19.1 Å². The van der Waals surface area contributed by atoms with E-state index in [0.29, 0.717) is 24.6 Å². The highest BCUT2D eigenvalue weighted by Gasteiger charge is 2.28. The van der Waals surface area contributed by atoms with Crippen LogP contribution in [0.15, 0.2) is 42.5 Å². The number of hydrogen-bond acceptors (Lipinski definition) is 4. The summed E-state index contributed by atoms with van der Waals surface area (Å²) >= 11 is 0. The second kappa shape index (κ2) is 7.53. The molecule has 5 nitrogen and oxygen atoms in total. The number of amides is 1. The number of ether oxygens (including phenoxy) is 3. The lowest BCUT2D eigenvalue weighted by molar-refractivity contribution is -0.150. The Labute approximate surface area is 145 Å². The van der Waals surface area contributed by atoms with Crippen molar-refractivity contribution >= 4 is 5.91 Å². The van der Waals surface area contributed by atoms with Gasteiger partial charge in [-0.05, 0) is 29.8 Å². The molecule has 0 aliphatic carbocycles. The minimum Gasteiger partial charge on any atom is -0.497 e. The summed E-state index contributed by atoms with van der Waals surface area (Å²) in [5.41, 5.74) is 1.73. The molecule has 2 aromatic carbocycles. The number of halogens is 1. The fraction of sp³-hybridized carbons (Fsp3) is 0.316. The fourth-order valence-electron chi connectivity index (χ4n) is 2.84. The summed E-state index contributed by atoms with van der Waals surface area (Å²) in [6.07, 6.45) is -0.275. The molecule has 132 valence electrons. The smallest absolute Gasteiger partial charge is 0.249 e. The minimum absolute atomic E-state index is 0.000509. The van der Waals surface area contributed by atoms with E-state index in [1.165, 1.54) is 12.1 Å². The van der Waals surface area contributed by atoms with E-state index in [1.54, 1.807) is 37.3 Å². The molecule has 0 N–H and O–H groups in total. The Morgan fingerprint density at radius 3 is 2.60 bits per heavy atom. The maximum Gasteiger partial charge on any atom is 0.249 e. The summed E-state index contributed by atoms with van der Waals surface area (Å²) < 4.78 is 29.3. The Hall–Kier alpha value is -2.60. The lowest BCUT2D eigenvalue weighted by atomic mass is 10.1. The van der Waals surface area contributed by atoms with Crippen molar-refractivity contribution in [2.45, 2.75) is 12.6 Å². The molecule has 25 heavy (non-hydrogen) atoms. The monoisotopic (exact) mass is 345 g/mol. The van der Waals surface area contributed by atoms with Crippen molar-refractivity contribution < 1.29 is 23.4 Å². The van der Waals surface area contributed by atoms with Crippen LogP contribution in [0.4, 0.5) is 4.39 Å². The van der Waals surface area contributed by atoms with Gasteiger partial charge >= 0.3 is 0 Å². The molecule has 6 heteroatoms. The van der Waals surface area contributed by atoms with E-state index < -0.39 is 0 Å². The number of carbonyl (C=O) groups excluding carboxylic acids is 1. The number of nitrogens with zero attached hydrogens (tertiary/aromatic N) is 1. The van der Waals surface area contributed by atoms with Gasteiger partial charge in [-0.1, -0.05) is 12.1 Å². The summed E-state index contributed by atoms with van der Waals surface area (Å²) in [6, 6.07) is 11.7. The lowest BCUT2D eigenvalue weighted by Gasteiger charge is -2.33. The Balaban J connectivity index is 1.77. The largest absolute Gasteiger partial charge is 0.497 e. The van der Waals surface area contributed by atoms with Gasteiger partial charge in [-0.2, -0.15) is 0 Å². The van der Waals surface area contributed by atoms with Crippen molar-refractivity contribution in [1.82, 2.24) is 4.90 Å². The zero-order chi connectivity index (χ0) is 17.8. The van der Waals surface area contributed by atoms with Gasteiger partial charge in [-0.25, -0.2) is 4.39 Å². The molecule has 1 atom stereocenters. The third kappa shape index (κ3) is 3.91. The van der Waals surface area contributed by atoms with Gasteiger partial charge in [0.1, 0.15) is 30.0 Å². The van der Waals surface area contributed by atoms with Crippen LogP contribution in [0.5, 0.6) is 11.5 Å². The predicted octanol–water partition coefficient (Wildman–Crippen LogP) is 2.94. The van der Waals surface area contributed by atoms with Crippen molar-refractivity contribution in [3.8, 4) is 11.5 Å². The number of benzene rings is 2. The molecule has 0 bridgehead atoms. The average Bonchev–Trinajstić information content (AvgIpc) is 2.64. The molecule has 0 radical (unpaired) electrons. The topological polar surface area (TPSA) is 48.0 Å². The van der Waals surface area contributed by atoms with E-state index in [1.807, 2.05) is 12.1 Å². The van der Waals surface area contributed by atoms with Crippen LogP contribution in [0, 0.1) is 5.82 Å². The van der Waals surface area contributed by atoms with Crippen molar-refractivity contribution in [2.75, 3.05) is 27.4 Å². The Kier molecular flexibility index (Phi) is 5.19. The third-order valence-corrected chi connectivity index (χ3v) is 4.24. The summed E-state index contributed by atoms with van der Waals surface area (Å²) in [7, 11) is 3.17. The molecule has 0 aromatic heterocycles. The predicted molar refractivity (Wildman–Crippen MR) is 90.1 cm³/mol. The Morgan fingerprint density at radius 2 is 1.92 bits per heavy atom. The summed E-state index contributed by atoms with van der Waals surface area (Å²) in [4.78, 5) is 14.0. The Morgan fingerprint density at radius 1 is 1.16 bits per heavy atom. The highest BCUT2D eigenvalue weighted by atomic mass is 19.1. The van der Waals surface area contributed by atoms with E-state index in [9.17, 15) is 9.18 Å². The van der Waals surface area contributed by atoms with E-state index >= 15 is 0 Å². The molecule has 1 aliphatic heterocycles. The van der Waals surface area contributed by atoms with Crippen LogP contribution >= 0.6 is 0 Å². The summed E-state index contributed by atoms with van der Waals surface area (Å²) in [6.45, 7) is 0.813. The molecular weight excluding hydrogens is 325 g/mol. The zero-order valence-corrected chi connectivity index (χ0v) is 14.2. The first-order valence-electron chi connectivity index (χ1n) is 7.96. The minimum atomic E-state index is -0.296. The third-order valence-electron chi connectivity index (χ3n) is 4.24. The van der Waals surface area contributed by atoms with Gasteiger partial charge in [-0.15, -0.1) is 0 Å². The average molecular weight is 345 g/mol. The molecule has 0 spiro atoms. The zero-order valence-electron chi connectivity index (χ0n) is 14.2. The molecule has 2 aromatic rings. The van der Waals surface area contributed by atoms with Crippen LogP contribution in [-0.4, -0.2) is 38.2 Å². The van der Waals surface area contributed by atoms with Gasteiger partial charge in [0, 0.05) is 18.2 Å². The molecule has 1 amide bonds. The number of rotatable bonds is 5. The molecule has 1 heterocycles. The van der Waals surface area contributed by atoms with Crippen molar-refractivity contribution in [3.63, 3.8) is 0 Å². The molecule has 3 rings (SSSR count). The van der Waals surface area contributed by atoms with Gasteiger partial charge in [-0.3, -0.25) is 4.79 Å². The maximum absolute atomic E-state index is 13.1. The van der Waals surface area contributed by atoms with E-state index in [2.05, 4.69) is 0 Å². The number of morpholine rings is 1. The van der Waals surface area contributed by atoms with Crippen LogP contribution in [0.2, 0.25) is 0 Å². The first-order chi connectivity index (χ1) is 12.1. The first-order valence-corrected chi connectivity index (χ1v) is 7.96. The van der Waals surface area contributed by atoms with Gasteiger partial charge in [0.25, 0.3) is 0 Å². The Bertz CT molecular complexity index is 748. The normalized spacial score (nSPS) is 17.5. The van der Waals surface area contributed by atoms with E-state index in [4.69, 9.17) is 14.2 Å². The van der Waals surface area contributed by atoms with Crippen LogP contribution in [0.25, 0.3) is 0 Å².